The number of carbonyl (C=O) groups excluding carboxylic acids is 2. The average Bonchev–Trinajstić information content (AvgIpc) is 2.87. The van der Waals surface area contributed by atoms with Crippen molar-refractivity contribution in [3.8, 4) is 23.0 Å². The summed E-state index contributed by atoms with van der Waals surface area (Å²) in [7, 11) is 6.26. The molecule has 0 radical (unpaired) electrons. The van der Waals surface area contributed by atoms with Crippen LogP contribution in [0, 0.1) is 5.41 Å². The predicted octanol–water partition coefficient (Wildman–Crippen LogP) is 3.71. The van der Waals surface area contributed by atoms with E-state index in [0.29, 0.717) is 36.1 Å². The van der Waals surface area contributed by atoms with E-state index in [1.165, 1.54) is 12.2 Å². The number of carbonyl (C=O) groups is 2. The molecule has 0 spiro atoms. The summed E-state index contributed by atoms with van der Waals surface area (Å²) in [6.07, 6.45) is 6.32. The molecule has 2 amide bonds. The second-order valence-corrected chi connectivity index (χ2v) is 8.50. The fraction of sp³-hybridized carbons (Fsp3) is 0.333. The van der Waals surface area contributed by atoms with Crippen LogP contribution in [0.3, 0.4) is 0 Å². The molecule has 2 N–H and O–H groups in total. The maximum atomic E-state index is 12.3. The predicted molar refractivity (Wildman–Crippen MR) is 137 cm³/mol. The van der Waals surface area contributed by atoms with Crippen LogP contribution in [0.5, 0.6) is 23.0 Å². The largest absolute Gasteiger partial charge is 0.493 e. The molecule has 0 atom stereocenters. The van der Waals surface area contributed by atoms with Gasteiger partial charge in [0.15, 0.2) is 23.0 Å². The molecule has 8 nitrogen and oxygen atoms in total. The smallest absolute Gasteiger partial charge is 0.244 e. The number of hydrogen-bond donors (Lipinski definition) is 2. The van der Waals surface area contributed by atoms with Crippen molar-refractivity contribution in [1.29, 1.82) is 0 Å². The number of hydrogen-bond acceptors (Lipinski definition) is 6. The van der Waals surface area contributed by atoms with Crippen molar-refractivity contribution in [2.75, 3.05) is 41.5 Å². The third-order valence-corrected chi connectivity index (χ3v) is 5.15. The monoisotopic (exact) mass is 482 g/mol. The molecule has 0 saturated heterocycles. The van der Waals surface area contributed by atoms with E-state index in [4.69, 9.17) is 18.9 Å². The van der Waals surface area contributed by atoms with Crippen LogP contribution in [0.2, 0.25) is 0 Å². The third-order valence-electron chi connectivity index (χ3n) is 5.15. The number of rotatable bonds is 12. The molecule has 188 valence electrons. The van der Waals surface area contributed by atoms with E-state index in [-0.39, 0.29) is 17.2 Å². The zero-order chi connectivity index (χ0) is 25.8. The van der Waals surface area contributed by atoms with Crippen LogP contribution in [-0.2, 0) is 9.59 Å². The van der Waals surface area contributed by atoms with E-state index in [1.807, 2.05) is 26.0 Å². The first kappa shape index (κ1) is 27.3. The molecule has 2 rings (SSSR count). The number of ether oxygens (including phenoxy) is 4. The Hall–Kier alpha value is -3.94. The van der Waals surface area contributed by atoms with E-state index >= 15 is 0 Å². The minimum Gasteiger partial charge on any atom is -0.493 e. The molecule has 0 bridgehead atoms. The van der Waals surface area contributed by atoms with Gasteiger partial charge in [-0.15, -0.1) is 0 Å². The summed E-state index contributed by atoms with van der Waals surface area (Å²) in [6.45, 7) is 4.71. The lowest BCUT2D eigenvalue weighted by atomic mass is 9.93. The summed E-state index contributed by atoms with van der Waals surface area (Å²) in [5, 5.41) is 5.75. The topological polar surface area (TPSA) is 95.1 Å². The van der Waals surface area contributed by atoms with E-state index in [9.17, 15) is 9.59 Å². The van der Waals surface area contributed by atoms with Gasteiger partial charge in [-0.25, -0.2) is 0 Å². The Morgan fingerprint density at radius 2 is 1.06 bits per heavy atom. The first-order valence-corrected chi connectivity index (χ1v) is 11.1. The molecule has 0 aliphatic carbocycles. The van der Waals surface area contributed by atoms with Gasteiger partial charge in [-0.05, 0) is 53.0 Å². The van der Waals surface area contributed by atoms with Crippen LogP contribution in [0.15, 0.2) is 48.6 Å². The highest BCUT2D eigenvalue weighted by Crippen LogP contribution is 2.28. The van der Waals surface area contributed by atoms with Crippen LogP contribution in [0.1, 0.15) is 25.0 Å². The van der Waals surface area contributed by atoms with Crippen molar-refractivity contribution in [3.63, 3.8) is 0 Å². The lowest BCUT2D eigenvalue weighted by Crippen LogP contribution is -2.41. The second-order valence-electron chi connectivity index (χ2n) is 8.50. The van der Waals surface area contributed by atoms with Gasteiger partial charge in [-0.2, -0.15) is 0 Å². The summed E-state index contributed by atoms with van der Waals surface area (Å²) >= 11 is 0. The SMILES string of the molecule is COc1ccc(/C=C/C(=O)NCC(C)(C)CNC(=O)/C=C/c2ccc(OC)c(OC)c2)cc1OC. The minimum atomic E-state index is -0.348. The van der Waals surface area contributed by atoms with Crippen LogP contribution in [-0.4, -0.2) is 53.3 Å². The van der Waals surface area contributed by atoms with E-state index in [2.05, 4.69) is 10.6 Å². The highest BCUT2D eigenvalue weighted by Gasteiger charge is 2.19. The van der Waals surface area contributed by atoms with Crippen molar-refractivity contribution >= 4 is 24.0 Å². The molecule has 0 unspecified atom stereocenters. The average molecular weight is 483 g/mol. The minimum absolute atomic E-state index is 0.229. The first-order valence-electron chi connectivity index (χ1n) is 11.1. The van der Waals surface area contributed by atoms with Gasteiger partial charge in [0, 0.05) is 25.2 Å². The maximum Gasteiger partial charge on any atom is 0.244 e. The lowest BCUT2D eigenvalue weighted by molar-refractivity contribution is -0.116. The quantitative estimate of drug-likeness (QED) is 0.448. The summed E-state index contributed by atoms with van der Waals surface area (Å²) in [4.78, 5) is 24.5. The Balaban J connectivity index is 1.83. The molecular weight excluding hydrogens is 448 g/mol. The highest BCUT2D eigenvalue weighted by molar-refractivity contribution is 5.92. The van der Waals surface area contributed by atoms with E-state index in [1.54, 1.807) is 64.9 Å². The van der Waals surface area contributed by atoms with Gasteiger partial charge in [0.05, 0.1) is 28.4 Å². The standard InChI is InChI=1S/C27H34N2O6/c1-27(2,17-28-25(30)13-9-19-7-11-21(32-3)23(15-19)34-5)18-29-26(31)14-10-20-8-12-22(33-4)24(16-20)35-6/h7-16H,17-18H2,1-6H3,(H,28,30)(H,29,31)/b13-9+,14-10+. The summed E-state index contributed by atoms with van der Waals surface area (Å²) in [6, 6.07) is 10.8. The normalized spacial score (nSPS) is 11.4. The van der Waals surface area contributed by atoms with Gasteiger partial charge in [0.1, 0.15) is 0 Å². The Morgan fingerprint density at radius 3 is 1.40 bits per heavy atom. The van der Waals surface area contributed by atoms with Crippen LogP contribution in [0.4, 0.5) is 0 Å². The molecule has 0 aliphatic rings. The molecule has 0 heterocycles. The van der Waals surface area contributed by atoms with Crippen molar-refractivity contribution in [3.05, 3.63) is 59.7 Å². The Kier molecular flexibility index (Phi) is 10.2. The number of methoxy groups -OCH3 is 4. The molecule has 2 aromatic rings. The fourth-order valence-corrected chi connectivity index (χ4v) is 3.09. The van der Waals surface area contributed by atoms with Gasteiger partial charge in [0.25, 0.3) is 0 Å². The molecule has 35 heavy (non-hydrogen) atoms. The maximum absolute atomic E-state index is 12.3. The van der Waals surface area contributed by atoms with Crippen LogP contribution >= 0.6 is 0 Å². The first-order chi connectivity index (χ1) is 16.7. The van der Waals surface area contributed by atoms with Crippen molar-refractivity contribution in [2.45, 2.75) is 13.8 Å². The molecular formula is C27H34N2O6. The number of benzene rings is 2. The van der Waals surface area contributed by atoms with Crippen molar-refractivity contribution in [1.82, 2.24) is 10.6 Å². The molecule has 2 aromatic carbocycles. The van der Waals surface area contributed by atoms with Gasteiger partial charge in [0.2, 0.25) is 11.8 Å². The highest BCUT2D eigenvalue weighted by atomic mass is 16.5. The molecule has 8 heteroatoms. The van der Waals surface area contributed by atoms with Crippen molar-refractivity contribution in [2.24, 2.45) is 5.41 Å². The molecule has 0 fully saturated rings. The number of amides is 2. The van der Waals surface area contributed by atoms with Gasteiger partial charge < -0.3 is 29.6 Å². The fourth-order valence-electron chi connectivity index (χ4n) is 3.09. The Bertz CT molecular complexity index is 992. The van der Waals surface area contributed by atoms with Gasteiger partial charge >= 0.3 is 0 Å². The van der Waals surface area contributed by atoms with E-state index < -0.39 is 0 Å². The third kappa shape index (κ3) is 8.73. The summed E-state index contributed by atoms with van der Waals surface area (Å²) in [5.74, 6) is 1.97. The Morgan fingerprint density at radius 1 is 0.686 bits per heavy atom. The summed E-state index contributed by atoms with van der Waals surface area (Å²) in [5.41, 5.74) is 1.27. The molecule has 0 aromatic heterocycles. The van der Waals surface area contributed by atoms with E-state index in [0.717, 1.165) is 11.1 Å². The number of nitrogens with one attached hydrogen (secondary N) is 2. The lowest BCUT2D eigenvalue weighted by Gasteiger charge is -2.24. The Labute approximate surface area is 206 Å². The van der Waals surface area contributed by atoms with Gasteiger partial charge in [-0.3, -0.25) is 9.59 Å². The van der Waals surface area contributed by atoms with Crippen molar-refractivity contribution < 1.29 is 28.5 Å². The van der Waals surface area contributed by atoms with Gasteiger partial charge in [-0.1, -0.05) is 26.0 Å². The zero-order valence-corrected chi connectivity index (χ0v) is 21.1. The van der Waals surface area contributed by atoms with Crippen LogP contribution < -0.4 is 29.6 Å². The second kappa shape index (κ2) is 13.1. The molecule has 0 aliphatic heterocycles. The van der Waals surface area contributed by atoms with Crippen LogP contribution in [0.25, 0.3) is 12.2 Å². The molecule has 0 saturated carbocycles. The summed E-state index contributed by atoms with van der Waals surface area (Å²) < 4.78 is 21.0. The zero-order valence-electron chi connectivity index (χ0n) is 21.1.